The second-order valence-electron chi connectivity index (χ2n) is 8.34. The van der Waals surface area contributed by atoms with Gasteiger partial charge in [-0.05, 0) is 29.3 Å². The minimum Gasteiger partial charge on any atom is -0.497 e. The van der Waals surface area contributed by atoms with E-state index in [0.717, 1.165) is 11.1 Å². The van der Waals surface area contributed by atoms with Crippen LogP contribution in [-0.4, -0.2) is 50.0 Å². The zero-order chi connectivity index (χ0) is 24.9. The first-order valence-electron chi connectivity index (χ1n) is 11.4. The van der Waals surface area contributed by atoms with E-state index in [2.05, 4.69) is 5.32 Å². The zero-order valence-electron chi connectivity index (χ0n) is 19.9. The fourth-order valence-corrected chi connectivity index (χ4v) is 5.00. The minimum atomic E-state index is -0.949. The highest BCUT2D eigenvalue weighted by atomic mass is 16.5. The topological polar surface area (TPSA) is 84.9 Å². The lowest BCUT2D eigenvalue weighted by atomic mass is 9.80. The summed E-state index contributed by atoms with van der Waals surface area (Å²) in [6.45, 7) is 0. The Morgan fingerprint density at radius 2 is 1.46 bits per heavy atom. The van der Waals surface area contributed by atoms with Crippen LogP contribution in [0.3, 0.4) is 0 Å². The number of esters is 1. The van der Waals surface area contributed by atoms with Crippen LogP contribution in [0.1, 0.15) is 33.4 Å². The van der Waals surface area contributed by atoms with Gasteiger partial charge in [0.2, 0.25) is 5.91 Å². The molecule has 0 radical (unpaired) electrons. The molecule has 1 saturated heterocycles. The Kier molecular flexibility index (Phi) is 7.15. The van der Waals surface area contributed by atoms with Gasteiger partial charge in [-0.1, -0.05) is 66.7 Å². The SMILES string of the molecule is CNC(=O)C1C(c2ccccc2)C(C(=O)OC)C(c2ccccc2)N1C(=O)c1cccc(OC)c1. The first-order valence-corrected chi connectivity index (χ1v) is 11.4. The molecule has 4 rings (SSSR count). The van der Waals surface area contributed by atoms with Gasteiger partial charge >= 0.3 is 5.97 Å². The van der Waals surface area contributed by atoms with Gasteiger partial charge < -0.3 is 19.7 Å². The molecule has 2 amide bonds. The summed E-state index contributed by atoms with van der Waals surface area (Å²) in [6, 6.07) is 23.7. The minimum absolute atomic E-state index is 0.358. The molecular formula is C28H28N2O5. The third-order valence-electron chi connectivity index (χ3n) is 6.53. The van der Waals surface area contributed by atoms with Gasteiger partial charge in [-0.25, -0.2) is 0 Å². The number of carbonyl (C=O) groups is 3. The summed E-state index contributed by atoms with van der Waals surface area (Å²) in [4.78, 5) is 42.4. The van der Waals surface area contributed by atoms with Crippen molar-refractivity contribution < 1.29 is 23.9 Å². The normalized spacial score (nSPS) is 21.3. The Morgan fingerprint density at radius 3 is 2.03 bits per heavy atom. The van der Waals surface area contributed by atoms with Gasteiger partial charge in [0.15, 0.2) is 0 Å². The van der Waals surface area contributed by atoms with Crippen molar-refractivity contribution in [1.82, 2.24) is 10.2 Å². The lowest BCUT2D eigenvalue weighted by Gasteiger charge is -2.31. The molecule has 1 aliphatic rings. The van der Waals surface area contributed by atoms with E-state index in [1.54, 1.807) is 24.3 Å². The van der Waals surface area contributed by atoms with Crippen LogP contribution in [0, 0.1) is 5.92 Å². The zero-order valence-corrected chi connectivity index (χ0v) is 19.9. The third-order valence-corrected chi connectivity index (χ3v) is 6.53. The Morgan fingerprint density at radius 1 is 0.829 bits per heavy atom. The number of likely N-dealkylation sites (tertiary alicyclic amines) is 1. The van der Waals surface area contributed by atoms with E-state index in [1.165, 1.54) is 26.2 Å². The van der Waals surface area contributed by atoms with E-state index in [4.69, 9.17) is 9.47 Å². The smallest absolute Gasteiger partial charge is 0.311 e. The van der Waals surface area contributed by atoms with Crippen molar-refractivity contribution in [2.75, 3.05) is 21.3 Å². The maximum atomic E-state index is 14.1. The predicted molar refractivity (Wildman–Crippen MR) is 131 cm³/mol. The lowest BCUT2D eigenvalue weighted by molar-refractivity contribution is -0.146. The average Bonchev–Trinajstić information content (AvgIpc) is 3.28. The molecule has 1 heterocycles. The molecule has 4 atom stereocenters. The molecule has 3 aromatic rings. The molecule has 1 fully saturated rings. The molecule has 0 bridgehead atoms. The molecule has 1 aliphatic heterocycles. The quantitative estimate of drug-likeness (QED) is 0.555. The largest absolute Gasteiger partial charge is 0.497 e. The second-order valence-corrected chi connectivity index (χ2v) is 8.34. The van der Waals surface area contributed by atoms with E-state index >= 15 is 0 Å². The number of amides is 2. The molecule has 35 heavy (non-hydrogen) atoms. The molecule has 1 N–H and O–H groups in total. The Balaban J connectivity index is 1.97. The van der Waals surface area contributed by atoms with Gasteiger partial charge in [-0.15, -0.1) is 0 Å². The standard InChI is InChI=1S/C28H28N2O5/c1-29-26(31)25-22(18-11-6-4-7-12-18)23(28(33)35-3)24(19-13-8-5-9-14-19)30(25)27(32)20-15-10-16-21(17-20)34-2/h4-17,22-25H,1-3H3,(H,29,31). The molecule has 0 aromatic heterocycles. The third kappa shape index (κ3) is 4.49. The Bertz CT molecular complexity index is 1200. The first-order chi connectivity index (χ1) is 17.0. The van der Waals surface area contributed by atoms with Crippen molar-refractivity contribution in [2.24, 2.45) is 5.92 Å². The summed E-state index contributed by atoms with van der Waals surface area (Å²) in [6.07, 6.45) is 0. The van der Waals surface area contributed by atoms with Crippen molar-refractivity contribution in [3.8, 4) is 5.75 Å². The molecule has 180 valence electrons. The Hall–Kier alpha value is -4.13. The van der Waals surface area contributed by atoms with Gasteiger partial charge in [0, 0.05) is 18.5 Å². The maximum absolute atomic E-state index is 14.1. The molecule has 0 spiro atoms. The average molecular weight is 473 g/mol. The first kappa shape index (κ1) is 24.0. The van der Waals surface area contributed by atoms with Gasteiger partial charge in [-0.2, -0.15) is 0 Å². The van der Waals surface area contributed by atoms with E-state index in [1.807, 2.05) is 60.7 Å². The van der Waals surface area contributed by atoms with Crippen LogP contribution in [0.15, 0.2) is 84.9 Å². The maximum Gasteiger partial charge on any atom is 0.311 e. The van der Waals surface area contributed by atoms with Crippen LogP contribution in [0.2, 0.25) is 0 Å². The number of hydrogen-bond acceptors (Lipinski definition) is 5. The van der Waals surface area contributed by atoms with Crippen LogP contribution < -0.4 is 10.1 Å². The number of nitrogens with one attached hydrogen (secondary N) is 1. The second kappa shape index (κ2) is 10.4. The number of methoxy groups -OCH3 is 2. The van der Waals surface area contributed by atoms with Crippen molar-refractivity contribution in [2.45, 2.75) is 18.0 Å². The molecule has 7 nitrogen and oxygen atoms in total. The monoisotopic (exact) mass is 472 g/mol. The van der Waals surface area contributed by atoms with Gasteiger partial charge in [0.25, 0.3) is 5.91 Å². The number of ether oxygens (including phenoxy) is 2. The van der Waals surface area contributed by atoms with Crippen LogP contribution in [-0.2, 0) is 14.3 Å². The summed E-state index contributed by atoms with van der Waals surface area (Å²) in [7, 11) is 4.38. The molecule has 3 aromatic carbocycles. The van der Waals surface area contributed by atoms with Crippen molar-refractivity contribution in [3.05, 3.63) is 102 Å². The van der Waals surface area contributed by atoms with E-state index in [-0.39, 0.29) is 11.8 Å². The summed E-state index contributed by atoms with van der Waals surface area (Å²) in [5, 5.41) is 2.71. The van der Waals surface area contributed by atoms with E-state index in [9.17, 15) is 14.4 Å². The molecular weight excluding hydrogens is 444 g/mol. The molecule has 7 heteroatoms. The van der Waals surface area contributed by atoms with Gasteiger partial charge in [-0.3, -0.25) is 14.4 Å². The van der Waals surface area contributed by atoms with Crippen LogP contribution >= 0.6 is 0 Å². The Labute approximate surface area is 204 Å². The number of carbonyl (C=O) groups excluding carboxylic acids is 3. The molecule has 0 saturated carbocycles. The number of hydrogen-bond donors (Lipinski definition) is 1. The summed E-state index contributed by atoms with van der Waals surface area (Å²) < 4.78 is 10.6. The summed E-state index contributed by atoms with van der Waals surface area (Å²) in [5.41, 5.74) is 1.88. The van der Waals surface area contributed by atoms with Crippen LogP contribution in [0.4, 0.5) is 0 Å². The van der Waals surface area contributed by atoms with E-state index < -0.39 is 29.9 Å². The highest BCUT2D eigenvalue weighted by molar-refractivity contribution is 6.00. The predicted octanol–water partition coefficient (Wildman–Crippen LogP) is 3.58. The van der Waals surface area contributed by atoms with Crippen molar-refractivity contribution >= 4 is 17.8 Å². The highest BCUT2D eigenvalue weighted by Crippen LogP contribution is 2.51. The fourth-order valence-electron chi connectivity index (χ4n) is 5.00. The van der Waals surface area contributed by atoms with Crippen LogP contribution in [0.25, 0.3) is 0 Å². The molecule has 4 unspecified atom stereocenters. The fraction of sp³-hybridized carbons (Fsp3) is 0.250. The van der Waals surface area contributed by atoms with E-state index in [0.29, 0.717) is 11.3 Å². The number of benzene rings is 3. The highest BCUT2D eigenvalue weighted by Gasteiger charge is 2.57. The van der Waals surface area contributed by atoms with Crippen molar-refractivity contribution in [1.29, 1.82) is 0 Å². The summed E-state index contributed by atoms with van der Waals surface area (Å²) in [5.74, 6) is -2.12. The number of likely N-dealkylation sites (N-methyl/N-ethyl adjacent to an activating group) is 1. The van der Waals surface area contributed by atoms with Crippen molar-refractivity contribution in [3.63, 3.8) is 0 Å². The summed E-state index contributed by atoms with van der Waals surface area (Å²) >= 11 is 0. The number of nitrogens with zero attached hydrogens (tertiary/aromatic N) is 1. The number of rotatable bonds is 6. The van der Waals surface area contributed by atoms with Crippen LogP contribution in [0.5, 0.6) is 5.75 Å². The molecule has 0 aliphatic carbocycles. The lowest BCUT2D eigenvalue weighted by Crippen LogP contribution is -2.47. The van der Waals surface area contributed by atoms with Gasteiger partial charge in [0.05, 0.1) is 26.2 Å². The van der Waals surface area contributed by atoms with Gasteiger partial charge in [0.1, 0.15) is 11.8 Å².